The molecule has 1 saturated heterocycles. The first kappa shape index (κ1) is 15.2. The van der Waals surface area contributed by atoms with Crippen LogP contribution in [0.4, 0.5) is 4.79 Å². The van der Waals surface area contributed by atoms with Gasteiger partial charge in [0, 0.05) is 31.4 Å². The quantitative estimate of drug-likeness (QED) is 0.744. The van der Waals surface area contributed by atoms with Crippen molar-refractivity contribution in [3.8, 4) is 0 Å². The average molecular weight is 276 g/mol. The van der Waals surface area contributed by atoms with Crippen molar-refractivity contribution in [2.24, 2.45) is 0 Å². The maximum atomic E-state index is 11.5. The number of hydrogen-bond donors (Lipinski definition) is 2. The SMILES string of the molecule is CCCN1CCC(NC(=O)NC(=O)CCCl)CC1. The number of nitrogens with one attached hydrogen (secondary N) is 2. The van der Waals surface area contributed by atoms with Crippen molar-refractivity contribution >= 4 is 23.5 Å². The summed E-state index contributed by atoms with van der Waals surface area (Å²) in [6.07, 6.45) is 3.21. The van der Waals surface area contributed by atoms with Crippen LogP contribution in [0, 0.1) is 0 Å². The number of nitrogens with zero attached hydrogens (tertiary/aromatic N) is 1. The highest BCUT2D eigenvalue weighted by atomic mass is 35.5. The lowest BCUT2D eigenvalue weighted by Gasteiger charge is -2.31. The lowest BCUT2D eigenvalue weighted by molar-refractivity contribution is -0.119. The van der Waals surface area contributed by atoms with Crippen molar-refractivity contribution in [3.05, 3.63) is 0 Å². The molecule has 0 bridgehead atoms. The first-order valence-corrected chi connectivity index (χ1v) is 7.07. The molecule has 6 heteroatoms. The summed E-state index contributed by atoms with van der Waals surface area (Å²) in [5.41, 5.74) is 0. The number of rotatable bonds is 5. The van der Waals surface area contributed by atoms with Crippen molar-refractivity contribution in [1.29, 1.82) is 0 Å². The van der Waals surface area contributed by atoms with E-state index in [1.807, 2.05) is 0 Å². The van der Waals surface area contributed by atoms with Crippen molar-refractivity contribution < 1.29 is 9.59 Å². The highest BCUT2D eigenvalue weighted by Gasteiger charge is 2.20. The molecule has 1 aliphatic rings. The van der Waals surface area contributed by atoms with Gasteiger partial charge in [-0.05, 0) is 25.8 Å². The minimum atomic E-state index is -0.404. The van der Waals surface area contributed by atoms with Crippen LogP contribution in [-0.2, 0) is 4.79 Å². The largest absolute Gasteiger partial charge is 0.335 e. The van der Waals surface area contributed by atoms with Gasteiger partial charge in [0.15, 0.2) is 0 Å². The molecule has 5 nitrogen and oxygen atoms in total. The number of imide groups is 1. The Morgan fingerprint density at radius 2 is 2.00 bits per heavy atom. The van der Waals surface area contributed by atoms with E-state index in [1.165, 1.54) is 0 Å². The van der Waals surface area contributed by atoms with Crippen molar-refractivity contribution in [2.45, 2.75) is 38.6 Å². The minimum Gasteiger partial charge on any atom is -0.335 e. The molecule has 0 aromatic carbocycles. The molecule has 1 rings (SSSR count). The van der Waals surface area contributed by atoms with E-state index in [4.69, 9.17) is 11.6 Å². The molecule has 1 heterocycles. The third kappa shape index (κ3) is 5.69. The van der Waals surface area contributed by atoms with Gasteiger partial charge in [0.1, 0.15) is 0 Å². The average Bonchev–Trinajstić information content (AvgIpc) is 2.32. The number of likely N-dealkylation sites (tertiary alicyclic amines) is 1. The number of hydrogen-bond acceptors (Lipinski definition) is 3. The van der Waals surface area contributed by atoms with E-state index in [2.05, 4.69) is 22.5 Å². The molecule has 2 N–H and O–H groups in total. The molecule has 0 saturated carbocycles. The van der Waals surface area contributed by atoms with Gasteiger partial charge in [0.25, 0.3) is 0 Å². The Balaban J connectivity index is 2.20. The van der Waals surface area contributed by atoms with Gasteiger partial charge in [0.05, 0.1) is 0 Å². The predicted octanol–water partition coefficient (Wildman–Crippen LogP) is 1.32. The molecule has 0 atom stereocenters. The van der Waals surface area contributed by atoms with Crippen LogP contribution in [0.2, 0.25) is 0 Å². The van der Waals surface area contributed by atoms with Crippen LogP contribution >= 0.6 is 11.6 Å². The standard InChI is InChI=1S/C12H22ClN3O2/c1-2-7-16-8-4-10(5-9-16)14-12(18)15-11(17)3-6-13/h10H,2-9H2,1H3,(H2,14,15,17,18). The molecule has 0 aromatic heterocycles. The smallest absolute Gasteiger partial charge is 0.321 e. The fourth-order valence-corrected chi connectivity index (χ4v) is 2.29. The van der Waals surface area contributed by atoms with Crippen LogP contribution in [0.15, 0.2) is 0 Å². The molecule has 0 radical (unpaired) electrons. The van der Waals surface area contributed by atoms with E-state index < -0.39 is 6.03 Å². The summed E-state index contributed by atoms with van der Waals surface area (Å²) in [4.78, 5) is 25.1. The summed E-state index contributed by atoms with van der Waals surface area (Å²) < 4.78 is 0. The van der Waals surface area contributed by atoms with E-state index in [-0.39, 0.29) is 24.2 Å². The van der Waals surface area contributed by atoms with Gasteiger partial charge in [0.2, 0.25) is 5.91 Å². The summed E-state index contributed by atoms with van der Waals surface area (Å²) in [7, 11) is 0. The first-order valence-electron chi connectivity index (χ1n) is 6.54. The number of amides is 3. The van der Waals surface area contributed by atoms with Crippen molar-refractivity contribution in [3.63, 3.8) is 0 Å². The zero-order chi connectivity index (χ0) is 13.4. The van der Waals surface area contributed by atoms with Crippen LogP contribution in [-0.4, -0.2) is 48.4 Å². The van der Waals surface area contributed by atoms with E-state index in [0.29, 0.717) is 0 Å². The van der Waals surface area contributed by atoms with Gasteiger partial charge in [-0.3, -0.25) is 10.1 Å². The number of urea groups is 1. The Hall–Kier alpha value is -0.810. The number of carbonyl (C=O) groups is 2. The molecule has 104 valence electrons. The summed E-state index contributed by atoms with van der Waals surface area (Å²) in [6, 6.07) is -0.235. The normalized spacial score (nSPS) is 17.4. The molecular formula is C12H22ClN3O2. The van der Waals surface area contributed by atoms with Crippen LogP contribution in [0.1, 0.15) is 32.6 Å². The second kappa shape index (κ2) is 8.32. The highest BCUT2D eigenvalue weighted by Crippen LogP contribution is 2.10. The van der Waals surface area contributed by atoms with Crippen LogP contribution < -0.4 is 10.6 Å². The van der Waals surface area contributed by atoms with Gasteiger partial charge in [-0.25, -0.2) is 4.79 Å². The third-order valence-corrected chi connectivity index (χ3v) is 3.23. The van der Waals surface area contributed by atoms with Crippen LogP contribution in [0.5, 0.6) is 0 Å². The highest BCUT2D eigenvalue weighted by molar-refractivity contribution is 6.19. The fourth-order valence-electron chi connectivity index (χ4n) is 2.11. The summed E-state index contributed by atoms with van der Waals surface area (Å²) in [6.45, 7) is 5.30. The zero-order valence-electron chi connectivity index (χ0n) is 10.9. The molecular weight excluding hydrogens is 254 g/mol. The van der Waals surface area contributed by atoms with Crippen molar-refractivity contribution in [2.75, 3.05) is 25.5 Å². The van der Waals surface area contributed by atoms with E-state index in [9.17, 15) is 9.59 Å². The van der Waals surface area contributed by atoms with Gasteiger partial charge in [-0.15, -0.1) is 11.6 Å². The van der Waals surface area contributed by atoms with Gasteiger partial charge >= 0.3 is 6.03 Å². The summed E-state index contributed by atoms with van der Waals surface area (Å²) in [5, 5.41) is 5.11. The number of piperidine rings is 1. The molecule has 0 spiro atoms. The number of alkyl halides is 1. The maximum absolute atomic E-state index is 11.5. The van der Waals surface area contributed by atoms with Gasteiger partial charge in [-0.1, -0.05) is 6.92 Å². The lowest BCUT2D eigenvalue weighted by atomic mass is 10.1. The number of carbonyl (C=O) groups excluding carboxylic acids is 2. The topological polar surface area (TPSA) is 61.4 Å². The van der Waals surface area contributed by atoms with Crippen LogP contribution in [0.25, 0.3) is 0 Å². The van der Waals surface area contributed by atoms with E-state index in [1.54, 1.807) is 0 Å². The fraction of sp³-hybridized carbons (Fsp3) is 0.833. The Labute approximate surface area is 113 Å². The molecule has 3 amide bonds. The maximum Gasteiger partial charge on any atom is 0.321 e. The second-order valence-corrected chi connectivity index (χ2v) is 4.95. The Bertz CT molecular complexity index is 278. The Morgan fingerprint density at radius 1 is 1.33 bits per heavy atom. The number of halogens is 1. The Kier molecular flexibility index (Phi) is 7.05. The predicted molar refractivity (Wildman–Crippen MR) is 71.8 cm³/mol. The second-order valence-electron chi connectivity index (χ2n) is 4.58. The van der Waals surface area contributed by atoms with E-state index >= 15 is 0 Å². The zero-order valence-corrected chi connectivity index (χ0v) is 11.6. The molecule has 0 aromatic rings. The summed E-state index contributed by atoms with van der Waals surface area (Å²) >= 11 is 5.42. The molecule has 1 fully saturated rings. The molecule has 0 unspecified atom stereocenters. The van der Waals surface area contributed by atoms with Gasteiger partial charge < -0.3 is 10.2 Å². The summed E-state index contributed by atoms with van der Waals surface area (Å²) in [5.74, 6) is -0.0972. The third-order valence-electron chi connectivity index (χ3n) is 3.04. The monoisotopic (exact) mass is 275 g/mol. The molecule has 1 aliphatic heterocycles. The molecule has 0 aliphatic carbocycles. The van der Waals surface area contributed by atoms with Crippen LogP contribution in [0.3, 0.4) is 0 Å². The minimum absolute atomic E-state index is 0.168. The van der Waals surface area contributed by atoms with Gasteiger partial charge in [-0.2, -0.15) is 0 Å². The van der Waals surface area contributed by atoms with E-state index in [0.717, 1.165) is 38.9 Å². The lowest BCUT2D eigenvalue weighted by Crippen LogP contribution is -2.49. The van der Waals surface area contributed by atoms with Crippen molar-refractivity contribution in [1.82, 2.24) is 15.5 Å². The first-order chi connectivity index (χ1) is 8.65. The molecule has 18 heavy (non-hydrogen) atoms. The Morgan fingerprint density at radius 3 is 2.56 bits per heavy atom.